The minimum Gasteiger partial charge on any atom is -0.387 e. The molecule has 7 nitrogen and oxygen atoms in total. The van der Waals surface area contributed by atoms with Crippen LogP contribution >= 0.6 is 11.6 Å². The number of nitrogens with zero attached hydrogens (tertiary/aromatic N) is 3. The monoisotopic (exact) mass is 427 g/mol. The zero-order valence-electron chi connectivity index (χ0n) is 17.0. The van der Waals surface area contributed by atoms with E-state index >= 15 is 0 Å². The summed E-state index contributed by atoms with van der Waals surface area (Å²) in [6.07, 6.45) is 3.91. The van der Waals surface area contributed by atoms with E-state index in [0.717, 1.165) is 53.2 Å². The maximum absolute atomic E-state index is 11.6. The van der Waals surface area contributed by atoms with Crippen molar-refractivity contribution in [1.82, 2.24) is 25.0 Å². The molecule has 0 atom stereocenters. The van der Waals surface area contributed by atoms with Crippen molar-refractivity contribution in [3.05, 3.63) is 47.2 Å². The Kier molecular flexibility index (Phi) is 6.22. The van der Waals surface area contributed by atoms with Gasteiger partial charge in [-0.15, -0.1) is 11.6 Å². The van der Waals surface area contributed by atoms with E-state index in [0.29, 0.717) is 19.0 Å². The first-order chi connectivity index (χ1) is 14.6. The van der Waals surface area contributed by atoms with Crippen molar-refractivity contribution in [3.63, 3.8) is 0 Å². The van der Waals surface area contributed by atoms with Crippen LogP contribution in [0.15, 0.2) is 30.3 Å². The molecule has 3 heterocycles. The van der Waals surface area contributed by atoms with E-state index in [1.165, 1.54) is 5.56 Å². The van der Waals surface area contributed by atoms with E-state index < -0.39 is 6.61 Å². The summed E-state index contributed by atoms with van der Waals surface area (Å²) in [5.41, 5.74) is 6.20. The van der Waals surface area contributed by atoms with Gasteiger partial charge in [0.25, 0.3) is 0 Å². The third kappa shape index (κ3) is 4.28. The van der Waals surface area contributed by atoms with Gasteiger partial charge in [-0.3, -0.25) is 14.8 Å². The summed E-state index contributed by atoms with van der Waals surface area (Å²) >= 11 is 5.80. The van der Waals surface area contributed by atoms with Gasteiger partial charge < -0.3 is 15.0 Å². The van der Waals surface area contributed by atoms with Crippen LogP contribution in [0.25, 0.3) is 28.4 Å². The fraction of sp³-hybridized carbons (Fsp3) is 0.364. The third-order valence-electron chi connectivity index (χ3n) is 5.57. The van der Waals surface area contributed by atoms with Crippen LogP contribution in [0.4, 0.5) is 0 Å². The van der Waals surface area contributed by atoms with E-state index in [9.17, 15) is 4.79 Å². The first-order valence-corrected chi connectivity index (χ1v) is 10.6. The lowest BCUT2D eigenvalue weighted by molar-refractivity contribution is -0.135. The molecule has 1 aliphatic rings. The Bertz CT molecular complexity index is 1060. The van der Waals surface area contributed by atoms with Gasteiger partial charge in [0.05, 0.1) is 5.69 Å². The van der Waals surface area contributed by atoms with Gasteiger partial charge in [0.2, 0.25) is 5.91 Å². The summed E-state index contributed by atoms with van der Waals surface area (Å²) in [5.74, 6) is 0.271. The Labute approximate surface area is 180 Å². The number of alkyl halides is 1. The fourth-order valence-corrected chi connectivity index (χ4v) is 4.02. The number of aromatic nitrogens is 3. The van der Waals surface area contributed by atoms with Crippen LogP contribution in [-0.2, 0) is 11.3 Å². The number of aromatic amines is 2. The molecule has 1 amide bonds. The molecule has 4 rings (SSSR count). The number of rotatable bonds is 6. The number of allylic oxidation sites excluding steroid dienone is 1. The molecule has 3 aromatic rings. The Morgan fingerprint density at radius 2 is 2.07 bits per heavy atom. The predicted octanol–water partition coefficient (Wildman–Crippen LogP) is 2.75. The second-order valence-corrected chi connectivity index (χ2v) is 7.90. The van der Waals surface area contributed by atoms with Gasteiger partial charge in [-0.05, 0) is 30.7 Å². The number of halogens is 1. The van der Waals surface area contributed by atoms with Crippen LogP contribution < -0.4 is 0 Å². The molecule has 0 radical (unpaired) electrons. The van der Waals surface area contributed by atoms with Crippen LogP contribution in [0.2, 0.25) is 0 Å². The zero-order valence-corrected chi connectivity index (χ0v) is 17.7. The molecule has 0 saturated carbocycles. The number of piperazine rings is 1. The second-order valence-electron chi connectivity index (χ2n) is 7.59. The van der Waals surface area contributed by atoms with E-state index in [4.69, 9.17) is 16.7 Å². The highest BCUT2D eigenvalue weighted by Crippen LogP contribution is 2.28. The number of hydrogen-bond donors (Lipinski definition) is 3. The molecule has 0 bridgehead atoms. The van der Waals surface area contributed by atoms with Crippen LogP contribution in [0.3, 0.4) is 0 Å². The average molecular weight is 428 g/mol. The summed E-state index contributed by atoms with van der Waals surface area (Å²) in [5, 5.41) is 17.7. The number of fused-ring (bicyclic) bond motifs is 1. The molecule has 1 aromatic carbocycles. The Morgan fingerprint density at radius 3 is 2.80 bits per heavy atom. The quantitative estimate of drug-likeness (QED) is 0.528. The van der Waals surface area contributed by atoms with Gasteiger partial charge in [0.1, 0.15) is 12.3 Å². The molecule has 1 aliphatic heterocycles. The minimum atomic E-state index is -0.411. The minimum absolute atomic E-state index is 0.190. The van der Waals surface area contributed by atoms with Crippen molar-refractivity contribution in [2.75, 3.05) is 38.7 Å². The molecule has 0 unspecified atom stereocenters. The maximum Gasteiger partial charge on any atom is 0.248 e. The van der Waals surface area contributed by atoms with Crippen molar-refractivity contribution in [2.24, 2.45) is 0 Å². The smallest absolute Gasteiger partial charge is 0.248 e. The molecule has 1 fully saturated rings. The normalized spacial score (nSPS) is 15.5. The Balaban J connectivity index is 1.50. The van der Waals surface area contributed by atoms with E-state index in [1.807, 2.05) is 19.1 Å². The Morgan fingerprint density at radius 1 is 1.27 bits per heavy atom. The molecule has 1 saturated heterocycles. The van der Waals surface area contributed by atoms with Gasteiger partial charge in [-0.25, -0.2) is 0 Å². The number of hydrogen-bond acceptors (Lipinski definition) is 4. The lowest BCUT2D eigenvalue weighted by Gasteiger charge is -2.34. The highest BCUT2D eigenvalue weighted by Gasteiger charge is 2.20. The summed E-state index contributed by atoms with van der Waals surface area (Å²) < 4.78 is 0. The number of carbonyl (C=O) groups is 1. The number of amides is 1. The van der Waals surface area contributed by atoms with Crippen molar-refractivity contribution in [2.45, 2.75) is 13.5 Å². The highest BCUT2D eigenvalue weighted by molar-refractivity contribution is 6.19. The van der Waals surface area contributed by atoms with Crippen molar-refractivity contribution >= 4 is 34.5 Å². The van der Waals surface area contributed by atoms with E-state index in [1.54, 1.807) is 4.90 Å². The molecule has 158 valence electrons. The van der Waals surface area contributed by atoms with E-state index in [-0.39, 0.29) is 5.91 Å². The topological polar surface area (TPSA) is 88.2 Å². The van der Waals surface area contributed by atoms with Crippen molar-refractivity contribution in [3.8, 4) is 11.4 Å². The Hall–Kier alpha value is -2.61. The maximum atomic E-state index is 11.6. The number of H-pyrrole nitrogens is 2. The molecule has 2 aromatic heterocycles. The van der Waals surface area contributed by atoms with E-state index in [2.05, 4.69) is 44.3 Å². The van der Waals surface area contributed by atoms with Gasteiger partial charge in [0, 0.05) is 60.8 Å². The van der Waals surface area contributed by atoms with Crippen molar-refractivity contribution < 1.29 is 9.90 Å². The summed E-state index contributed by atoms with van der Waals surface area (Å²) in [4.78, 5) is 19.1. The lowest BCUT2D eigenvalue weighted by atomic mass is 10.1. The third-order valence-corrected chi connectivity index (χ3v) is 5.75. The lowest BCUT2D eigenvalue weighted by Crippen LogP contribution is -2.49. The second kappa shape index (κ2) is 9.04. The van der Waals surface area contributed by atoms with Crippen LogP contribution in [0.5, 0.6) is 0 Å². The SMILES string of the molecule is Cc1[nH]nc(-c2cc3cc(CN4CCN(C(=O)CO)CC4)ccc3[nH]2)c1/C=C\CCl. The molecule has 8 heteroatoms. The van der Waals surface area contributed by atoms with Gasteiger partial charge in [0.15, 0.2) is 0 Å². The molecular weight excluding hydrogens is 402 g/mol. The van der Waals surface area contributed by atoms with Crippen LogP contribution in [0.1, 0.15) is 16.8 Å². The molecule has 3 N–H and O–H groups in total. The van der Waals surface area contributed by atoms with Crippen LogP contribution in [-0.4, -0.2) is 74.7 Å². The van der Waals surface area contributed by atoms with Gasteiger partial charge in [-0.1, -0.05) is 18.2 Å². The number of carbonyl (C=O) groups excluding carboxylic acids is 1. The number of aliphatic hydroxyl groups is 1. The zero-order chi connectivity index (χ0) is 21.1. The van der Waals surface area contributed by atoms with Crippen LogP contribution in [0, 0.1) is 6.92 Å². The van der Waals surface area contributed by atoms with Gasteiger partial charge >= 0.3 is 0 Å². The summed E-state index contributed by atoms with van der Waals surface area (Å²) in [7, 11) is 0. The first-order valence-electron chi connectivity index (χ1n) is 10.1. The standard InChI is InChI=1S/C22H26ClN5O2/c1-15-18(3-2-6-23)22(26-25-15)20-12-17-11-16(4-5-19(17)24-20)13-27-7-9-28(10-8-27)21(30)14-29/h2-5,11-12,24,29H,6-10,13-14H2,1H3,(H,25,26)/b3-2-. The molecular formula is C22H26ClN5O2. The highest BCUT2D eigenvalue weighted by atomic mass is 35.5. The first kappa shape index (κ1) is 20.7. The number of aliphatic hydroxyl groups excluding tert-OH is 1. The average Bonchev–Trinajstić information content (AvgIpc) is 3.34. The molecule has 0 aliphatic carbocycles. The van der Waals surface area contributed by atoms with Crippen molar-refractivity contribution in [1.29, 1.82) is 0 Å². The number of nitrogens with one attached hydrogen (secondary N) is 2. The molecule has 0 spiro atoms. The summed E-state index contributed by atoms with van der Waals surface area (Å²) in [6.45, 7) is 5.36. The number of benzene rings is 1. The summed E-state index contributed by atoms with van der Waals surface area (Å²) in [6, 6.07) is 8.57. The number of aryl methyl sites for hydroxylation is 1. The predicted molar refractivity (Wildman–Crippen MR) is 119 cm³/mol. The van der Waals surface area contributed by atoms with Gasteiger partial charge in [-0.2, -0.15) is 5.10 Å². The molecule has 30 heavy (non-hydrogen) atoms. The fourth-order valence-electron chi connectivity index (χ4n) is 3.93. The largest absolute Gasteiger partial charge is 0.387 e.